The number of nitrogens with one attached hydrogen (secondary N) is 1. The number of hydrogen-bond donors (Lipinski definition) is 1. The lowest BCUT2D eigenvalue weighted by Gasteiger charge is -2.35. The molecule has 7 nitrogen and oxygen atoms in total. The summed E-state index contributed by atoms with van der Waals surface area (Å²) in [6.45, 7) is 1.63. The maximum Gasteiger partial charge on any atom is 0.255 e. The van der Waals surface area contributed by atoms with Gasteiger partial charge in [0.05, 0.1) is 24.1 Å². The molecule has 0 unspecified atom stereocenters. The van der Waals surface area contributed by atoms with Gasteiger partial charge in [0.2, 0.25) is 10.0 Å². The van der Waals surface area contributed by atoms with Crippen molar-refractivity contribution in [3.63, 3.8) is 0 Å². The van der Waals surface area contributed by atoms with Crippen LogP contribution in [0.15, 0.2) is 42.5 Å². The molecule has 0 bridgehead atoms. The first kappa shape index (κ1) is 23.3. The molecular formula is C21H25ClFN3O4S. The minimum atomic E-state index is -3.47. The first-order valence-corrected chi connectivity index (χ1v) is 11.9. The fourth-order valence-corrected chi connectivity index (χ4v) is 5.11. The molecule has 0 atom stereocenters. The number of carbonyl (C=O) groups is 1. The summed E-state index contributed by atoms with van der Waals surface area (Å²) in [6.07, 6.45) is 0.268. The maximum absolute atomic E-state index is 13.9. The van der Waals surface area contributed by atoms with Crippen molar-refractivity contribution in [1.29, 1.82) is 0 Å². The number of carbonyl (C=O) groups excluding carboxylic acids is 1. The van der Waals surface area contributed by atoms with Crippen LogP contribution in [0, 0.1) is 5.82 Å². The Morgan fingerprint density at radius 2 is 1.87 bits per heavy atom. The number of benzene rings is 2. The summed E-state index contributed by atoms with van der Waals surface area (Å²) >= 11 is 5.94. The van der Waals surface area contributed by atoms with Gasteiger partial charge in [-0.15, -0.1) is 0 Å². The highest BCUT2D eigenvalue weighted by molar-refractivity contribution is 7.89. The number of halogens is 2. The molecule has 0 aliphatic carbocycles. The van der Waals surface area contributed by atoms with Crippen molar-refractivity contribution in [3.8, 4) is 5.75 Å². The van der Waals surface area contributed by atoms with Gasteiger partial charge in [0, 0.05) is 37.7 Å². The molecule has 2 aromatic rings. The molecule has 168 valence electrons. The number of piperazine rings is 1. The van der Waals surface area contributed by atoms with Gasteiger partial charge in [0.1, 0.15) is 11.6 Å². The molecule has 1 heterocycles. The molecule has 1 saturated heterocycles. The summed E-state index contributed by atoms with van der Waals surface area (Å²) in [7, 11) is -2.01. The highest BCUT2D eigenvalue weighted by Gasteiger charge is 2.27. The first-order chi connectivity index (χ1) is 14.8. The highest BCUT2D eigenvalue weighted by Crippen LogP contribution is 2.23. The number of para-hydroxylation sites is 1. The second-order valence-electron chi connectivity index (χ2n) is 7.11. The summed E-state index contributed by atoms with van der Waals surface area (Å²) in [4.78, 5) is 14.2. The fraction of sp³-hybridized carbons (Fsp3) is 0.381. The minimum Gasteiger partial charge on any atom is -0.496 e. The van der Waals surface area contributed by atoms with Gasteiger partial charge in [-0.2, -0.15) is 4.31 Å². The van der Waals surface area contributed by atoms with Crippen LogP contribution in [0.4, 0.5) is 10.1 Å². The Bertz CT molecular complexity index is 1030. The van der Waals surface area contributed by atoms with E-state index in [1.165, 1.54) is 23.5 Å². The minimum absolute atomic E-state index is 0.0837. The molecule has 1 N–H and O–H groups in total. The van der Waals surface area contributed by atoms with Crippen LogP contribution in [0.5, 0.6) is 5.75 Å². The monoisotopic (exact) mass is 469 g/mol. The molecule has 1 fully saturated rings. The lowest BCUT2D eigenvalue weighted by molar-refractivity contribution is 0.0950. The van der Waals surface area contributed by atoms with Gasteiger partial charge in [-0.25, -0.2) is 12.8 Å². The molecule has 31 heavy (non-hydrogen) atoms. The zero-order chi connectivity index (χ0) is 22.4. The number of ether oxygens (including phenoxy) is 1. The molecule has 1 amide bonds. The number of sulfonamides is 1. The molecule has 0 aromatic heterocycles. The smallest absolute Gasteiger partial charge is 0.255 e. The summed E-state index contributed by atoms with van der Waals surface area (Å²) in [6, 6.07) is 11.2. The quantitative estimate of drug-likeness (QED) is 0.601. The van der Waals surface area contributed by atoms with Gasteiger partial charge in [-0.3, -0.25) is 4.79 Å². The van der Waals surface area contributed by atoms with E-state index in [4.69, 9.17) is 16.3 Å². The third-order valence-electron chi connectivity index (χ3n) is 5.10. The number of hydrogen-bond acceptors (Lipinski definition) is 5. The van der Waals surface area contributed by atoms with Crippen molar-refractivity contribution in [3.05, 3.63) is 58.9 Å². The third kappa shape index (κ3) is 5.87. The highest BCUT2D eigenvalue weighted by atomic mass is 35.5. The average Bonchev–Trinajstić information content (AvgIpc) is 2.77. The van der Waals surface area contributed by atoms with Crippen LogP contribution in [-0.2, 0) is 10.0 Å². The molecule has 10 heteroatoms. The summed E-state index contributed by atoms with van der Waals surface area (Å²) in [5, 5.41) is 3.11. The molecule has 3 rings (SSSR count). The van der Waals surface area contributed by atoms with Crippen molar-refractivity contribution in [2.45, 2.75) is 6.42 Å². The normalized spacial score (nSPS) is 15.0. The number of methoxy groups -OCH3 is 1. The number of anilines is 1. The third-order valence-corrected chi connectivity index (χ3v) is 7.29. The van der Waals surface area contributed by atoms with Crippen LogP contribution in [-0.4, -0.2) is 64.2 Å². The Morgan fingerprint density at radius 3 is 2.55 bits per heavy atom. The molecule has 0 saturated carbocycles. The Labute approximate surface area is 186 Å². The van der Waals surface area contributed by atoms with E-state index < -0.39 is 10.0 Å². The molecular weight excluding hydrogens is 445 g/mol. The van der Waals surface area contributed by atoms with E-state index in [0.29, 0.717) is 48.2 Å². The topological polar surface area (TPSA) is 78.9 Å². The van der Waals surface area contributed by atoms with Crippen LogP contribution in [0.1, 0.15) is 16.8 Å². The largest absolute Gasteiger partial charge is 0.496 e. The van der Waals surface area contributed by atoms with E-state index in [0.717, 1.165) is 0 Å². The fourth-order valence-electron chi connectivity index (χ4n) is 3.45. The average molecular weight is 470 g/mol. The number of rotatable bonds is 8. The zero-order valence-corrected chi connectivity index (χ0v) is 18.8. The van der Waals surface area contributed by atoms with Crippen LogP contribution >= 0.6 is 11.6 Å². The Hall–Kier alpha value is -2.36. The Balaban J connectivity index is 1.47. The second kappa shape index (κ2) is 10.3. The van der Waals surface area contributed by atoms with Crippen LogP contribution in [0.25, 0.3) is 0 Å². The molecule has 1 aliphatic rings. The van der Waals surface area contributed by atoms with Crippen molar-refractivity contribution < 1.29 is 22.3 Å². The Kier molecular flexibility index (Phi) is 7.74. The van der Waals surface area contributed by atoms with Crippen LogP contribution in [0.2, 0.25) is 5.02 Å². The van der Waals surface area contributed by atoms with E-state index in [2.05, 4.69) is 5.32 Å². The standard InChI is InChI=1S/C21H25ClFN3O4S/c1-30-20-8-7-16(22)15-17(20)21(27)24-9-4-14-31(28,29)26-12-10-25(11-13-26)19-6-3-2-5-18(19)23/h2-3,5-8,15H,4,9-14H2,1H3,(H,24,27). The van der Waals surface area contributed by atoms with E-state index in [1.807, 2.05) is 4.90 Å². The van der Waals surface area contributed by atoms with E-state index in [9.17, 15) is 17.6 Å². The van der Waals surface area contributed by atoms with Crippen molar-refractivity contribution in [2.24, 2.45) is 0 Å². The number of amides is 1. The van der Waals surface area contributed by atoms with Gasteiger partial charge in [-0.1, -0.05) is 23.7 Å². The zero-order valence-electron chi connectivity index (χ0n) is 17.2. The van der Waals surface area contributed by atoms with E-state index in [1.54, 1.807) is 30.3 Å². The Morgan fingerprint density at radius 1 is 1.16 bits per heavy atom. The molecule has 1 aliphatic heterocycles. The van der Waals surface area contributed by atoms with Crippen molar-refractivity contribution in [2.75, 3.05) is 50.5 Å². The lowest BCUT2D eigenvalue weighted by Crippen LogP contribution is -2.49. The van der Waals surface area contributed by atoms with Crippen LogP contribution < -0.4 is 15.0 Å². The second-order valence-corrected chi connectivity index (χ2v) is 9.63. The SMILES string of the molecule is COc1ccc(Cl)cc1C(=O)NCCCS(=O)(=O)N1CCN(c2ccccc2F)CC1. The van der Waals surface area contributed by atoms with Crippen molar-refractivity contribution in [1.82, 2.24) is 9.62 Å². The van der Waals surface area contributed by atoms with Crippen molar-refractivity contribution >= 4 is 33.2 Å². The lowest BCUT2D eigenvalue weighted by atomic mass is 10.2. The van der Waals surface area contributed by atoms with Gasteiger partial charge in [0.25, 0.3) is 5.91 Å². The molecule has 0 spiro atoms. The predicted octanol–water partition coefficient (Wildman–Crippen LogP) is 2.76. The van der Waals surface area contributed by atoms with E-state index >= 15 is 0 Å². The summed E-state index contributed by atoms with van der Waals surface area (Å²) in [5.41, 5.74) is 0.779. The molecule has 2 aromatic carbocycles. The molecule has 0 radical (unpaired) electrons. The first-order valence-electron chi connectivity index (χ1n) is 9.91. The maximum atomic E-state index is 13.9. The van der Waals surface area contributed by atoms with Gasteiger partial charge < -0.3 is 15.0 Å². The van der Waals surface area contributed by atoms with Gasteiger partial charge >= 0.3 is 0 Å². The number of nitrogens with zero attached hydrogens (tertiary/aromatic N) is 2. The van der Waals surface area contributed by atoms with Gasteiger partial charge in [0.15, 0.2) is 0 Å². The summed E-state index contributed by atoms with van der Waals surface area (Å²) < 4.78 is 45.8. The summed E-state index contributed by atoms with van der Waals surface area (Å²) in [5.74, 6) is -0.386. The van der Waals surface area contributed by atoms with Crippen LogP contribution in [0.3, 0.4) is 0 Å². The predicted molar refractivity (Wildman–Crippen MR) is 119 cm³/mol. The van der Waals surface area contributed by atoms with E-state index in [-0.39, 0.29) is 30.4 Å². The van der Waals surface area contributed by atoms with Gasteiger partial charge in [-0.05, 0) is 36.8 Å².